The van der Waals surface area contributed by atoms with Crippen LogP contribution in [0.1, 0.15) is 29.0 Å². The molecule has 0 spiro atoms. The van der Waals surface area contributed by atoms with E-state index in [-0.39, 0.29) is 0 Å². The third-order valence-electron chi connectivity index (χ3n) is 3.58. The average molecular weight is 313 g/mol. The third kappa shape index (κ3) is 3.62. The first-order valence-electron chi connectivity index (χ1n) is 7.13. The maximum Gasteiger partial charge on any atom is 0.0351 e. The van der Waals surface area contributed by atoms with Crippen molar-refractivity contribution in [2.45, 2.75) is 26.4 Å². The van der Waals surface area contributed by atoms with Crippen LogP contribution in [-0.2, 0) is 6.54 Å². The van der Waals surface area contributed by atoms with Gasteiger partial charge < -0.3 is 5.32 Å². The third-order valence-corrected chi connectivity index (χ3v) is 5.44. The molecule has 0 saturated carbocycles. The fourth-order valence-electron chi connectivity index (χ4n) is 2.36. The van der Waals surface area contributed by atoms with Crippen molar-refractivity contribution in [1.82, 2.24) is 5.32 Å². The van der Waals surface area contributed by atoms with Crippen LogP contribution in [0.25, 0.3) is 10.4 Å². The predicted octanol–water partition coefficient (Wildman–Crippen LogP) is 5.64. The summed E-state index contributed by atoms with van der Waals surface area (Å²) in [5.41, 5.74) is 4.01. The van der Waals surface area contributed by atoms with E-state index in [1.165, 1.54) is 26.4 Å². The highest BCUT2D eigenvalue weighted by molar-refractivity contribution is 7.14. The Bertz CT molecular complexity index is 698. The molecule has 0 fully saturated rings. The molecule has 0 aliphatic carbocycles. The van der Waals surface area contributed by atoms with Crippen LogP contribution in [0.3, 0.4) is 0 Å². The first-order chi connectivity index (χ1) is 10.2. The summed E-state index contributed by atoms with van der Waals surface area (Å²) in [7, 11) is 0. The Morgan fingerprint density at radius 1 is 1.10 bits per heavy atom. The van der Waals surface area contributed by atoms with Gasteiger partial charge in [-0.1, -0.05) is 35.9 Å². The standard InChI is InChI=1S/C18H19NS2/c1-13-5-3-6-15(9-13)14(2)19-11-17-10-16(12-21-17)18-7-4-8-20-18/h3-10,12,14,19H,11H2,1-2H3/t14-/m1/s1. The van der Waals surface area contributed by atoms with E-state index in [0.29, 0.717) is 6.04 Å². The van der Waals surface area contributed by atoms with Crippen LogP contribution < -0.4 is 5.32 Å². The predicted molar refractivity (Wildman–Crippen MR) is 94.1 cm³/mol. The first kappa shape index (κ1) is 14.5. The van der Waals surface area contributed by atoms with Gasteiger partial charge in [0.1, 0.15) is 0 Å². The Morgan fingerprint density at radius 3 is 2.76 bits per heavy atom. The monoisotopic (exact) mass is 313 g/mol. The average Bonchev–Trinajstić information content (AvgIpc) is 3.15. The normalized spacial score (nSPS) is 12.5. The fourth-order valence-corrected chi connectivity index (χ4v) is 3.98. The van der Waals surface area contributed by atoms with Gasteiger partial charge in [0, 0.05) is 27.9 Å². The van der Waals surface area contributed by atoms with Crippen LogP contribution in [0, 0.1) is 6.92 Å². The zero-order valence-corrected chi connectivity index (χ0v) is 13.9. The van der Waals surface area contributed by atoms with Gasteiger partial charge in [0.25, 0.3) is 0 Å². The van der Waals surface area contributed by atoms with Gasteiger partial charge in [0.15, 0.2) is 0 Å². The number of hydrogen-bond donors (Lipinski definition) is 1. The molecule has 1 N–H and O–H groups in total. The van der Waals surface area contributed by atoms with Gasteiger partial charge in [0.05, 0.1) is 0 Å². The molecule has 0 radical (unpaired) electrons. The zero-order chi connectivity index (χ0) is 14.7. The molecule has 1 atom stereocenters. The lowest BCUT2D eigenvalue weighted by Gasteiger charge is -2.14. The minimum absolute atomic E-state index is 0.372. The lowest BCUT2D eigenvalue weighted by molar-refractivity contribution is 0.578. The van der Waals surface area contributed by atoms with Crippen LogP contribution in [-0.4, -0.2) is 0 Å². The van der Waals surface area contributed by atoms with Crippen molar-refractivity contribution in [3.05, 3.63) is 69.2 Å². The molecule has 3 rings (SSSR count). The SMILES string of the molecule is Cc1cccc([C@@H](C)NCc2cc(-c3cccs3)cs2)c1. The molecule has 3 heteroatoms. The first-order valence-corrected chi connectivity index (χ1v) is 8.89. The molecular weight excluding hydrogens is 294 g/mol. The minimum atomic E-state index is 0.372. The summed E-state index contributed by atoms with van der Waals surface area (Å²) < 4.78 is 0. The number of benzene rings is 1. The number of hydrogen-bond acceptors (Lipinski definition) is 3. The molecule has 108 valence electrons. The van der Waals surface area contributed by atoms with E-state index in [0.717, 1.165) is 6.54 Å². The van der Waals surface area contributed by atoms with Gasteiger partial charge in [-0.3, -0.25) is 0 Å². The molecule has 0 saturated heterocycles. The van der Waals surface area contributed by atoms with E-state index < -0.39 is 0 Å². The van der Waals surface area contributed by atoms with Crippen molar-refractivity contribution in [3.63, 3.8) is 0 Å². The summed E-state index contributed by atoms with van der Waals surface area (Å²) in [5.74, 6) is 0. The number of nitrogens with one attached hydrogen (secondary N) is 1. The molecule has 0 bridgehead atoms. The fraction of sp³-hybridized carbons (Fsp3) is 0.222. The van der Waals surface area contributed by atoms with Crippen LogP contribution in [0.15, 0.2) is 53.2 Å². The summed E-state index contributed by atoms with van der Waals surface area (Å²) in [6, 6.07) is 15.7. The summed E-state index contributed by atoms with van der Waals surface area (Å²) in [5, 5.41) is 7.99. The van der Waals surface area contributed by atoms with Crippen molar-refractivity contribution in [3.8, 4) is 10.4 Å². The quantitative estimate of drug-likeness (QED) is 0.643. The van der Waals surface area contributed by atoms with Crippen molar-refractivity contribution in [2.75, 3.05) is 0 Å². The summed E-state index contributed by atoms with van der Waals surface area (Å²) >= 11 is 3.63. The topological polar surface area (TPSA) is 12.0 Å². The van der Waals surface area contributed by atoms with E-state index in [1.54, 1.807) is 11.3 Å². The second kappa shape index (κ2) is 6.56. The van der Waals surface area contributed by atoms with Crippen molar-refractivity contribution >= 4 is 22.7 Å². The highest BCUT2D eigenvalue weighted by atomic mass is 32.1. The molecular formula is C18H19NS2. The zero-order valence-electron chi connectivity index (χ0n) is 12.3. The largest absolute Gasteiger partial charge is 0.305 e. The summed E-state index contributed by atoms with van der Waals surface area (Å²) in [6.45, 7) is 5.29. The highest BCUT2D eigenvalue weighted by Crippen LogP contribution is 2.29. The second-order valence-corrected chi connectivity index (χ2v) is 7.24. The van der Waals surface area contributed by atoms with Gasteiger partial charge >= 0.3 is 0 Å². The maximum absolute atomic E-state index is 3.61. The van der Waals surface area contributed by atoms with Gasteiger partial charge in [-0.25, -0.2) is 0 Å². The molecule has 2 aromatic heterocycles. The molecule has 0 aliphatic rings. The second-order valence-electron chi connectivity index (χ2n) is 5.30. The van der Waals surface area contributed by atoms with Crippen molar-refractivity contribution < 1.29 is 0 Å². The van der Waals surface area contributed by atoms with Crippen LogP contribution in [0.2, 0.25) is 0 Å². The highest BCUT2D eigenvalue weighted by Gasteiger charge is 2.07. The van der Waals surface area contributed by atoms with E-state index in [2.05, 4.69) is 72.4 Å². The van der Waals surface area contributed by atoms with Gasteiger partial charge in [-0.15, -0.1) is 22.7 Å². The molecule has 0 amide bonds. The number of thiophene rings is 2. The van der Waals surface area contributed by atoms with E-state index in [4.69, 9.17) is 0 Å². The van der Waals surface area contributed by atoms with Crippen molar-refractivity contribution in [2.24, 2.45) is 0 Å². The maximum atomic E-state index is 3.61. The lowest BCUT2D eigenvalue weighted by Crippen LogP contribution is -2.17. The molecule has 3 aromatic rings. The Kier molecular flexibility index (Phi) is 4.54. The van der Waals surface area contributed by atoms with E-state index >= 15 is 0 Å². The molecule has 1 aromatic carbocycles. The van der Waals surface area contributed by atoms with Crippen LogP contribution in [0.5, 0.6) is 0 Å². The van der Waals surface area contributed by atoms with E-state index in [1.807, 2.05) is 11.3 Å². The van der Waals surface area contributed by atoms with Gasteiger partial charge in [-0.2, -0.15) is 0 Å². The summed E-state index contributed by atoms with van der Waals surface area (Å²) in [6.07, 6.45) is 0. The Hall–Kier alpha value is -1.42. The smallest absolute Gasteiger partial charge is 0.0351 e. The van der Waals surface area contributed by atoms with E-state index in [9.17, 15) is 0 Å². The molecule has 0 aliphatic heterocycles. The number of rotatable bonds is 5. The Labute approximate surface area is 134 Å². The van der Waals surface area contributed by atoms with Crippen LogP contribution >= 0.6 is 22.7 Å². The molecule has 2 heterocycles. The lowest BCUT2D eigenvalue weighted by atomic mass is 10.1. The molecule has 1 nitrogen and oxygen atoms in total. The van der Waals surface area contributed by atoms with Gasteiger partial charge in [0.2, 0.25) is 0 Å². The Morgan fingerprint density at radius 2 is 2.00 bits per heavy atom. The minimum Gasteiger partial charge on any atom is -0.305 e. The molecule has 21 heavy (non-hydrogen) atoms. The molecule has 0 unspecified atom stereocenters. The van der Waals surface area contributed by atoms with Gasteiger partial charge in [-0.05, 0) is 42.3 Å². The Balaban J connectivity index is 1.63. The summed E-state index contributed by atoms with van der Waals surface area (Å²) in [4.78, 5) is 2.74. The number of aryl methyl sites for hydroxylation is 1. The van der Waals surface area contributed by atoms with Crippen LogP contribution in [0.4, 0.5) is 0 Å². The van der Waals surface area contributed by atoms with Crippen molar-refractivity contribution in [1.29, 1.82) is 0 Å².